The first kappa shape index (κ1) is 22.6. The summed E-state index contributed by atoms with van der Waals surface area (Å²) >= 11 is 0. The van der Waals surface area contributed by atoms with Gasteiger partial charge in [0.15, 0.2) is 0 Å². The minimum Gasteiger partial charge on any atom is -0.449 e. The van der Waals surface area contributed by atoms with Gasteiger partial charge in [-0.05, 0) is 55.7 Å². The summed E-state index contributed by atoms with van der Waals surface area (Å²) in [5, 5.41) is 9.04. The molecule has 2 aromatic heterocycles. The van der Waals surface area contributed by atoms with Gasteiger partial charge in [-0.1, -0.05) is 6.07 Å². The number of hydrogen-bond donors (Lipinski definition) is 3. The smallest absolute Gasteiger partial charge is 0.414 e. The molecule has 3 aromatic rings. The van der Waals surface area contributed by atoms with E-state index >= 15 is 0 Å². The van der Waals surface area contributed by atoms with Crippen molar-refractivity contribution in [1.29, 1.82) is 0 Å². The zero-order valence-corrected chi connectivity index (χ0v) is 19.7. The molecule has 0 atom stereocenters. The Morgan fingerprint density at radius 2 is 2.00 bits per heavy atom. The molecule has 3 N–H and O–H groups in total. The standard InChI is InChI=1S/C25H27N7O3/c1-3-35-24(34)32-15-25(9-10-25)19-7-6-16(13-20(19)32)30-22(33)18-5-4-11-27-21(18)29-14-17-8-12-28-23(26-2)31-17/h4-8,11-13H,3,9-10,14-15H2,1-2H3,(H,27,29)(H,30,33)(H,26,28,31). The van der Waals surface area contributed by atoms with Gasteiger partial charge < -0.3 is 20.7 Å². The molecule has 1 aliphatic heterocycles. The van der Waals surface area contributed by atoms with Crippen LogP contribution in [0.4, 0.5) is 27.9 Å². The lowest BCUT2D eigenvalue weighted by molar-refractivity contribution is 0.102. The second kappa shape index (κ2) is 9.21. The number of amides is 2. The highest BCUT2D eigenvalue weighted by Gasteiger charge is 2.53. The molecule has 35 heavy (non-hydrogen) atoms. The topological polar surface area (TPSA) is 121 Å². The van der Waals surface area contributed by atoms with E-state index in [4.69, 9.17) is 4.74 Å². The number of rotatable bonds is 7. The fraction of sp³-hybridized carbons (Fsp3) is 0.320. The lowest BCUT2D eigenvalue weighted by Crippen LogP contribution is -2.32. The molecule has 1 fully saturated rings. The number of anilines is 4. The highest BCUT2D eigenvalue weighted by Crippen LogP contribution is 2.57. The molecule has 1 aromatic carbocycles. The van der Waals surface area contributed by atoms with E-state index in [2.05, 4.69) is 30.9 Å². The highest BCUT2D eigenvalue weighted by atomic mass is 16.6. The molecule has 1 saturated carbocycles. The summed E-state index contributed by atoms with van der Waals surface area (Å²) in [5.74, 6) is 0.659. The van der Waals surface area contributed by atoms with Crippen molar-refractivity contribution >= 4 is 35.1 Å². The van der Waals surface area contributed by atoms with Gasteiger partial charge in [0.05, 0.1) is 30.1 Å². The van der Waals surface area contributed by atoms with Crippen molar-refractivity contribution in [1.82, 2.24) is 15.0 Å². The molecule has 10 heteroatoms. The predicted molar refractivity (Wildman–Crippen MR) is 133 cm³/mol. The van der Waals surface area contributed by atoms with Crippen LogP contribution >= 0.6 is 0 Å². The predicted octanol–water partition coefficient (Wildman–Crippen LogP) is 3.79. The van der Waals surface area contributed by atoms with Gasteiger partial charge in [0.1, 0.15) is 5.82 Å². The van der Waals surface area contributed by atoms with E-state index < -0.39 is 0 Å². The average molecular weight is 474 g/mol. The second-order valence-corrected chi connectivity index (χ2v) is 8.63. The summed E-state index contributed by atoms with van der Waals surface area (Å²) in [6, 6.07) is 11.0. The van der Waals surface area contributed by atoms with Gasteiger partial charge in [0, 0.05) is 37.1 Å². The van der Waals surface area contributed by atoms with Crippen LogP contribution in [0.15, 0.2) is 48.8 Å². The molecule has 1 spiro atoms. The number of benzene rings is 1. The molecule has 5 rings (SSSR count). The van der Waals surface area contributed by atoms with Crippen molar-refractivity contribution in [2.24, 2.45) is 0 Å². The Kier molecular flexibility index (Phi) is 5.94. The van der Waals surface area contributed by atoms with E-state index in [9.17, 15) is 9.59 Å². The molecule has 0 unspecified atom stereocenters. The third kappa shape index (κ3) is 4.46. The van der Waals surface area contributed by atoms with E-state index in [1.165, 1.54) is 0 Å². The Labute approximate surface area is 203 Å². The minimum atomic E-state index is -0.356. The summed E-state index contributed by atoms with van der Waals surface area (Å²) < 4.78 is 5.26. The first-order chi connectivity index (χ1) is 17.0. The molecule has 0 radical (unpaired) electrons. The van der Waals surface area contributed by atoms with E-state index in [1.54, 1.807) is 49.5 Å². The summed E-state index contributed by atoms with van der Waals surface area (Å²) in [5.41, 5.74) is 3.72. The summed E-state index contributed by atoms with van der Waals surface area (Å²) in [6.07, 6.45) is 5.04. The molecule has 0 bridgehead atoms. The molecule has 0 saturated heterocycles. The van der Waals surface area contributed by atoms with Crippen LogP contribution in [-0.2, 0) is 16.7 Å². The van der Waals surface area contributed by atoms with Crippen LogP contribution in [0.1, 0.15) is 41.4 Å². The van der Waals surface area contributed by atoms with Gasteiger partial charge in [0.25, 0.3) is 5.91 Å². The number of fused-ring (bicyclic) bond motifs is 2. The largest absolute Gasteiger partial charge is 0.449 e. The molecule has 2 aliphatic rings. The third-order valence-corrected chi connectivity index (χ3v) is 6.35. The number of pyridine rings is 1. The second-order valence-electron chi connectivity index (χ2n) is 8.63. The molecular formula is C25H27N7O3. The maximum absolute atomic E-state index is 13.2. The van der Waals surface area contributed by atoms with Crippen LogP contribution in [0, 0.1) is 0 Å². The number of nitrogens with one attached hydrogen (secondary N) is 3. The number of carbonyl (C=O) groups is 2. The van der Waals surface area contributed by atoms with Gasteiger partial charge >= 0.3 is 6.09 Å². The van der Waals surface area contributed by atoms with Crippen LogP contribution in [0.5, 0.6) is 0 Å². The van der Waals surface area contributed by atoms with Gasteiger partial charge in [-0.2, -0.15) is 0 Å². The number of nitrogens with zero attached hydrogens (tertiary/aromatic N) is 4. The van der Waals surface area contributed by atoms with Crippen LogP contribution in [-0.4, -0.2) is 47.2 Å². The van der Waals surface area contributed by atoms with Crippen LogP contribution < -0.4 is 20.9 Å². The van der Waals surface area contributed by atoms with Crippen LogP contribution in [0.2, 0.25) is 0 Å². The lowest BCUT2D eigenvalue weighted by Gasteiger charge is -2.17. The van der Waals surface area contributed by atoms with Crippen molar-refractivity contribution in [2.75, 3.05) is 41.0 Å². The fourth-order valence-corrected chi connectivity index (χ4v) is 4.41. The van der Waals surface area contributed by atoms with Crippen LogP contribution in [0.25, 0.3) is 0 Å². The number of carbonyl (C=O) groups excluding carboxylic acids is 2. The Hall–Kier alpha value is -4.21. The molecule has 180 valence electrons. The first-order valence-corrected chi connectivity index (χ1v) is 11.6. The van der Waals surface area contributed by atoms with Crippen LogP contribution in [0.3, 0.4) is 0 Å². The quantitative estimate of drug-likeness (QED) is 0.474. The first-order valence-electron chi connectivity index (χ1n) is 11.6. The molecule has 10 nitrogen and oxygen atoms in total. The van der Waals surface area contributed by atoms with Crippen molar-refractivity contribution in [3.8, 4) is 0 Å². The van der Waals surface area contributed by atoms with Gasteiger partial charge in [-0.25, -0.2) is 19.7 Å². The van der Waals surface area contributed by atoms with Gasteiger partial charge in [-0.3, -0.25) is 9.69 Å². The zero-order chi connectivity index (χ0) is 24.4. The van der Waals surface area contributed by atoms with Crippen molar-refractivity contribution < 1.29 is 14.3 Å². The minimum absolute atomic E-state index is 0.0270. The normalized spacial score (nSPS) is 14.9. The molecule has 1 aliphatic carbocycles. The summed E-state index contributed by atoms with van der Waals surface area (Å²) in [6.45, 7) is 3.11. The molecule has 2 amide bonds. The van der Waals surface area contributed by atoms with E-state index in [-0.39, 0.29) is 17.4 Å². The molecular weight excluding hydrogens is 446 g/mol. The molecule has 3 heterocycles. The maximum atomic E-state index is 13.2. The van der Waals surface area contributed by atoms with Crippen molar-refractivity contribution in [3.05, 3.63) is 65.6 Å². The maximum Gasteiger partial charge on any atom is 0.414 e. The van der Waals surface area contributed by atoms with Crippen molar-refractivity contribution in [3.63, 3.8) is 0 Å². The van der Waals surface area contributed by atoms with Gasteiger partial charge in [-0.15, -0.1) is 0 Å². The lowest BCUT2D eigenvalue weighted by atomic mass is 9.98. The average Bonchev–Trinajstić information content (AvgIpc) is 3.59. The van der Waals surface area contributed by atoms with E-state index in [1.807, 2.05) is 18.2 Å². The Bertz CT molecular complexity index is 1280. The zero-order valence-electron chi connectivity index (χ0n) is 19.7. The third-order valence-electron chi connectivity index (χ3n) is 6.35. The van der Waals surface area contributed by atoms with E-state index in [0.717, 1.165) is 29.8 Å². The monoisotopic (exact) mass is 473 g/mol. The number of ether oxygens (including phenoxy) is 1. The summed E-state index contributed by atoms with van der Waals surface area (Å²) in [7, 11) is 1.75. The number of aromatic nitrogens is 3. The summed E-state index contributed by atoms with van der Waals surface area (Å²) in [4.78, 5) is 40.2. The van der Waals surface area contributed by atoms with Gasteiger partial charge in [0.2, 0.25) is 5.95 Å². The Morgan fingerprint density at radius 1 is 1.14 bits per heavy atom. The Morgan fingerprint density at radius 3 is 2.77 bits per heavy atom. The number of hydrogen-bond acceptors (Lipinski definition) is 8. The SMILES string of the molecule is CCOC(=O)N1CC2(CC2)c2ccc(NC(=O)c3cccnc3NCc3ccnc(NC)n3)cc21. The van der Waals surface area contributed by atoms with Crippen molar-refractivity contribution in [2.45, 2.75) is 31.7 Å². The van der Waals surface area contributed by atoms with E-state index in [0.29, 0.717) is 42.7 Å². The fourth-order valence-electron chi connectivity index (χ4n) is 4.41. The Balaban J connectivity index is 1.33. The highest BCUT2D eigenvalue weighted by molar-refractivity contribution is 6.08.